The highest BCUT2D eigenvalue weighted by Crippen LogP contribution is 2.40. The lowest BCUT2D eigenvalue weighted by Crippen LogP contribution is -2.31. The zero-order chi connectivity index (χ0) is 22.4. The van der Waals surface area contributed by atoms with E-state index in [-0.39, 0.29) is 23.4 Å². The van der Waals surface area contributed by atoms with Gasteiger partial charge in [0.05, 0.1) is 11.6 Å². The predicted molar refractivity (Wildman–Crippen MR) is 114 cm³/mol. The molecule has 2 aromatic rings. The van der Waals surface area contributed by atoms with Crippen molar-refractivity contribution in [2.75, 3.05) is 26.9 Å². The van der Waals surface area contributed by atoms with E-state index in [0.29, 0.717) is 30.9 Å². The molecule has 1 saturated heterocycles. The smallest absolute Gasteiger partial charge is 0.295 e. The van der Waals surface area contributed by atoms with Gasteiger partial charge in [0.1, 0.15) is 23.9 Å². The molecule has 31 heavy (non-hydrogen) atoms. The molecule has 0 unspecified atom stereocenters. The van der Waals surface area contributed by atoms with Crippen LogP contribution in [-0.2, 0) is 14.3 Å². The van der Waals surface area contributed by atoms with Gasteiger partial charge in [-0.15, -0.1) is 0 Å². The highest BCUT2D eigenvalue weighted by molar-refractivity contribution is 6.46. The molecule has 3 rings (SSSR count). The van der Waals surface area contributed by atoms with E-state index in [1.54, 1.807) is 37.5 Å². The monoisotopic (exact) mass is 425 g/mol. The summed E-state index contributed by atoms with van der Waals surface area (Å²) in [6, 6.07) is 11.3. The minimum Gasteiger partial charge on any atom is -0.507 e. The average Bonchev–Trinajstić information content (AvgIpc) is 3.03. The summed E-state index contributed by atoms with van der Waals surface area (Å²) >= 11 is 0. The van der Waals surface area contributed by atoms with Gasteiger partial charge in [0.2, 0.25) is 0 Å². The number of carbonyl (C=O) groups excluding carboxylic acids is 2. The standard InChI is InChI=1S/C24H24FNO5/c1-3-13-31-19-7-4-6-17(15-19)21-20(22(27)16-8-10-18(25)11-9-16)23(28)24(29)26(21)12-5-14-30-2/h3-4,6-11,15,21,27H,1,5,12-14H2,2H3/t21-/m0/s1. The lowest BCUT2D eigenvalue weighted by molar-refractivity contribution is -0.140. The van der Waals surface area contributed by atoms with E-state index in [1.165, 1.54) is 29.2 Å². The van der Waals surface area contributed by atoms with E-state index in [2.05, 4.69) is 6.58 Å². The van der Waals surface area contributed by atoms with E-state index in [9.17, 15) is 19.1 Å². The van der Waals surface area contributed by atoms with Crippen molar-refractivity contribution in [2.45, 2.75) is 12.5 Å². The quantitative estimate of drug-likeness (QED) is 0.217. The zero-order valence-electron chi connectivity index (χ0n) is 17.2. The number of ketones is 1. The third kappa shape index (κ3) is 4.83. The Balaban J connectivity index is 2.10. The third-order valence-electron chi connectivity index (χ3n) is 4.95. The Labute approximate surface area is 180 Å². The van der Waals surface area contributed by atoms with Gasteiger partial charge in [0.25, 0.3) is 11.7 Å². The zero-order valence-corrected chi connectivity index (χ0v) is 17.2. The number of carbonyl (C=O) groups is 2. The van der Waals surface area contributed by atoms with Crippen LogP contribution in [0.1, 0.15) is 23.6 Å². The van der Waals surface area contributed by atoms with E-state index >= 15 is 0 Å². The summed E-state index contributed by atoms with van der Waals surface area (Å²) in [5, 5.41) is 10.9. The van der Waals surface area contributed by atoms with Gasteiger partial charge in [-0.05, 0) is 48.4 Å². The number of methoxy groups -OCH3 is 1. The van der Waals surface area contributed by atoms with E-state index < -0.39 is 23.5 Å². The molecule has 7 heteroatoms. The van der Waals surface area contributed by atoms with E-state index in [1.807, 2.05) is 0 Å². The normalized spacial score (nSPS) is 17.7. The van der Waals surface area contributed by atoms with Gasteiger partial charge in [-0.3, -0.25) is 9.59 Å². The van der Waals surface area contributed by atoms with Crippen molar-refractivity contribution in [2.24, 2.45) is 0 Å². The maximum atomic E-state index is 13.3. The summed E-state index contributed by atoms with van der Waals surface area (Å²) in [6.07, 6.45) is 2.13. The summed E-state index contributed by atoms with van der Waals surface area (Å²) < 4.78 is 24.0. The summed E-state index contributed by atoms with van der Waals surface area (Å²) in [5.74, 6) is -1.78. The molecule has 1 atom stereocenters. The van der Waals surface area contributed by atoms with Crippen molar-refractivity contribution in [3.63, 3.8) is 0 Å². The van der Waals surface area contributed by atoms with Crippen LogP contribution < -0.4 is 4.74 Å². The molecule has 2 aromatic carbocycles. The molecule has 1 amide bonds. The maximum absolute atomic E-state index is 13.3. The second-order valence-corrected chi connectivity index (χ2v) is 7.02. The number of Topliss-reactive ketones (excluding diaryl/α,β-unsaturated/α-hetero) is 1. The summed E-state index contributed by atoms with van der Waals surface area (Å²) in [6.45, 7) is 4.60. The number of benzene rings is 2. The van der Waals surface area contributed by atoms with Crippen LogP contribution in [0.4, 0.5) is 4.39 Å². The van der Waals surface area contributed by atoms with Gasteiger partial charge in [0.15, 0.2) is 0 Å². The lowest BCUT2D eigenvalue weighted by atomic mass is 9.95. The first-order chi connectivity index (χ1) is 15.0. The lowest BCUT2D eigenvalue weighted by Gasteiger charge is -2.25. The molecule has 1 heterocycles. The predicted octanol–water partition coefficient (Wildman–Crippen LogP) is 3.85. The molecule has 0 aliphatic carbocycles. The van der Waals surface area contributed by atoms with E-state index in [4.69, 9.17) is 9.47 Å². The minimum absolute atomic E-state index is 0.0464. The van der Waals surface area contributed by atoms with Crippen LogP contribution in [-0.4, -0.2) is 48.6 Å². The van der Waals surface area contributed by atoms with Crippen LogP contribution in [0.3, 0.4) is 0 Å². The Hall–Kier alpha value is -3.45. The first kappa shape index (κ1) is 22.2. The molecular weight excluding hydrogens is 401 g/mol. The van der Waals surface area contributed by atoms with Crippen molar-refractivity contribution in [1.82, 2.24) is 4.90 Å². The topological polar surface area (TPSA) is 76.1 Å². The van der Waals surface area contributed by atoms with Crippen molar-refractivity contribution in [3.8, 4) is 5.75 Å². The number of aliphatic hydroxyl groups excluding tert-OH is 1. The van der Waals surface area contributed by atoms with Crippen molar-refractivity contribution < 1.29 is 28.6 Å². The summed E-state index contributed by atoms with van der Waals surface area (Å²) in [5.41, 5.74) is 0.817. The average molecular weight is 425 g/mol. The Morgan fingerprint density at radius 1 is 1.23 bits per heavy atom. The van der Waals surface area contributed by atoms with Gasteiger partial charge >= 0.3 is 0 Å². The Kier molecular flexibility index (Phi) is 7.20. The number of nitrogens with zero attached hydrogens (tertiary/aromatic N) is 1. The Morgan fingerprint density at radius 2 is 1.97 bits per heavy atom. The van der Waals surface area contributed by atoms with Crippen molar-refractivity contribution >= 4 is 17.4 Å². The van der Waals surface area contributed by atoms with Gasteiger partial charge in [-0.1, -0.05) is 24.8 Å². The van der Waals surface area contributed by atoms with Crippen LogP contribution in [0.15, 0.2) is 66.8 Å². The largest absolute Gasteiger partial charge is 0.507 e. The molecule has 1 aliphatic rings. The van der Waals surface area contributed by atoms with Crippen molar-refractivity contribution in [3.05, 3.63) is 83.7 Å². The molecule has 1 N–H and O–H groups in total. The molecule has 1 fully saturated rings. The molecule has 0 aromatic heterocycles. The molecule has 0 saturated carbocycles. The van der Waals surface area contributed by atoms with Gasteiger partial charge in [-0.25, -0.2) is 4.39 Å². The molecule has 6 nitrogen and oxygen atoms in total. The van der Waals surface area contributed by atoms with Crippen LogP contribution >= 0.6 is 0 Å². The molecule has 0 spiro atoms. The number of rotatable bonds is 9. The number of ether oxygens (including phenoxy) is 2. The summed E-state index contributed by atoms with van der Waals surface area (Å²) in [4.78, 5) is 27.2. The first-order valence-corrected chi connectivity index (χ1v) is 9.85. The SMILES string of the molecule is C=CCOc1cccc([C@H]2C(=C(O)c3ccc(F)cc3)C(=O)C(=O)N2CCCOC)c1. The minimum atomic E-state index is -0.811. The van der Waals surface area contributed by atoms with Gasteiger partial charge in [0, 0.05) is 25.8 Å². The Morgan fingerprint density at radius 3 is 2.65 bits per heavy atom. The van der Waals surface area contributed by atoms with Gasteiger partial charge < -0.3 is 19.5 Å². The van der Waals surface area contributed by atoms with Gasteiger partial charge in [-0.2, -0.15) is 0 Å². The number of hydrogen-bond donors (Lipinski definition) is 1. The fourth-order valence-electron chi connectivity index (χ4n) is 3.53. The van der Waals surface area contributed by atoms with Crippen LogP contribution in [0.25, 0.3) is 5.76 Å². The second-order valence-electron chi connectivity index (χ2n) is 7.02. The number of halogens is 1. The first-order valence-electron chi connectivity index (χ1n) is 9.85. The van der Waals surface area contributed by atoms with Crippen LogP contribution in [0, 0.1) is 5.82 Å². The number of hydrogen-bond acceptors (Lipinski definition) is 5. The highest BCUT2D eigenvalue weighted by atomic mass is 19.1. The molecular formula is C24H24FNO5. The maximum Gasteiger partial charge on any atom is 0.295 e. The third-order valence-corrected chi connectivity index (χ3v) is 4.95. The highest BCUT2D eigenvalue weighted by Gasteiger charge is 2.45. The number of likely N-dealkylation sites (tertiary alicyclic amines) is 1. The fourth-order valence-corrected chi connectivity index (χ4v) is 3.53. The molecule has 0 radical (unpaired) electrons. The van der Waals surface area contributed by atoms with Crippen LogP contribution in [0.5, 0.6) is 5.75 Å². The second kappa shape index (κ2) is 10.0. The molecule has 1 aliphatic heterocycles. The van der Waals surface area contributed by atoms with E-state index in [0.717, 1.165) is 0 Å². The number of amides is 1. The summed E-state index contributed by atoms with van der Waals surface area (Å²) in [7, 11) is 1.56. The van der Waals surface area contributed by atoms with Crippen LogP contribution in [0.2, 0.25) is 0 Å². The van der Waals surface area contributed by atoms with Crippen molar-refractivity contribution in [1.29, 1.82) is 0 Å². The molecule has 162 valence electrons. The Bertz CT molecular complexity index is 999. The number of aliphatic hydroxyl groups is 1. The fraction of sp³-hybridized carbons (Fsp3) is 0.250. The molecule has 0 bridgehead atoms.